The molecule has 0 aromatic heterocycles. The normalized spacial score (nSPS) is 12.6. The lowest BCUT2D eigenvalue weighted by atomic mass is 9.86. The summed E-state index contributed by atoms with van der Waals surface area (Å²) in [4.78, 5) is 23.5. The average molecular weight is 413 g/mol. The number of hydrogen-bond acceptors (Lipinski definition) is 4. The highest BCUT2D eigenvalue weighted by Crippen LogP contribution is 2.24. The van der Waals surface area contributed by atoms with Gasteiger partial charge in [-0.25, -0.2) is 0 Å². The molecule has 0 spiro atoms. The van der Waals surface area contributed by atoms with Crippen LogP contribution < -0.4 is 0 Å². The Bertz CT molecular complexity index is 412. The minimum atomic E-state index is -0.122. The molecule has 0 aromatic rings. The summed E-state index contributed by atoms with van der Waals surface area (Å²) in [6, 6.07) is 0. The molecule has 0 saturated heterocycles. The fourth-order valence-corrected chi connectivity index (χ4v) is 3.62. The highest BCUT2D eigenvalue weighted by molar-refractivity contribution is 5.69. The third-order valence-electron chi connectivity index (χ3n) is 5.01. The minimum Gasteiger partial charge on any atom is -0.466 e. The second kappa shape index (κ2) is 17.8. The zero-order chi connectivity index (χ0) is 22.0. The number of carbonyl (C=O) groups is 2. The first-order valence-electron chi connectivity index (χ1n) is 12.1. The molecule has 0 heterocycles. The molecule has 0 saturated carbocycles. The van der Waals surface area contributed by atoms with E-state index < -0.39 is 0 Å². The first-order valence-corrected chi connectivity index (χ1v) is 12.1. The van der Waals surface area contributed by atoms with E-state index in [4.69, 9.17) is 9.47 Å². The van der Waals surface area contributed by atoms with Gasteiger partial charge in [0.05, 0.1) is 13.2 Å². The summed E-state index contributed by atoms with van der Waals surface area (Å²) in [5.74, 6) is 0.157. The van der Waals surface area contributed by atoms with Crippen LogP contribution in [0.1, 0.15) is 125 Å². The first-order chi connectivity index (χ1) is 13.7. The summed E-state index contributed by atoms with van der Waals surface area (Å²) in [6.45, 7) is 12.0. The SMILES string of the molecule is CCCCCCCCCCOC(=O)CCCCCC(=O)OCC(C)CC(C)(C)C. The second-order valence-electron chi connectivity index (χ2n) is 9.81. The molecule has 0 radical (unpaired) electrons. The molecule has 0 rings (SSSR count). The highest BCUT2D eigenvalue weighted by Gasteiger charge is 2.16. The molecule has 4 nitrogen and oxygen atoms in total. The van der Waals surface area contributed by atoms with Gasteiger partial charge in [-0.2, -0.15) is 0 Å². The summed E-state index contributed by atoms with van der Waals surface area (Å²) >= 11 is 0. The standard InChI is InChI=1S/C25H48O4/c1-6-7-8-9-10-11-12-16-19-28-23(26)17-14-13-15-18-24(27)29-21-22(2)20-25(3,4)5/h22H,6-21H2,1-5H3. The molecule has 0 fully saturated rings. The van der Waals surface area contributed by atoms with E-state index in [1.807, 2.05) is 0 Å². The maximum absolute atomic E-state index is 11.8. The van der Waals surface area contributed by atoms with Crippen molar-refractivity contribution in [3.63, 3.8) is 0 Å². The Hall–Kier alpha value is -1.06. The topological polar surface area (TPSA) is 52.6 Å². The number of ether oxygens (including phenoxy) is 2. The molecule has 0 aromatic carbocycles. The first kappa shape index (κ1) is 27.9. The van der Waals surface area contributed by atoms with E-state index in [-0.39, 0.29) is 17.4 Å². The van der Waals surface area contributed by atoms with E-state index in [1.165, 1.54) is 38.5 Å². The molecule has 0 aliphatic carbocycles. The summed E-state index contributed by atoms with van der Waals surface area (Å²) < 4.78 is 10.6. The van der Waals surface area contributed by atoms with Gasteiger partial charge in [-0.3, -0.25) is 9.59 Å². The third-order valence-corrected chi connectivity index (χ3v) is 5.01. The van der Waals surface area contributed by atoms with E-state index in [0.29, 0.717) is 32.0 Å². The van der Waals surface area contributed by atoms with Gasteiger partial charge in [0.1, 0.15) is 0 Å². The molecule has 0 aliphatic heterocycles. The predicted molar refractivity (Wildman–Crippen MR) is 121 cm³/mol. The lowest BCUT2D eigenvalue weighted by molar-refractivity contribution is -0.145. The zero-order valence-corrected chi connectivity index (χ0v) is 20.0. The van der Waals surface area contributed by atoms with Crippen LogP contribution in [-0.2, 0) is 19.1 Å². The summed E-state index contributed by atoms with van der Waals surface area (Å²) in [5, 5.41) is 0. The van der Waals surface area contributed by atoms with Gasteiger partial charge in [0.2, 0.25) is 0 Å². The van der Waals surface area contributed by atoms with Gasteiger partial charge in [0.15, 0.2) is 0 Å². The van der Waals surface area contributed by atoms with E-state index in [0.717, 1.165) is 38.5 Å². The van der Waals surface area contributed by atoms with Gasteiger partial charge < -0.3 is 9.47 Å². The van der Waals surface area contributed by atoms with Crippen molar-refractivity contribution in [2.24, 2.45) is 11.3 Å². The van der Waals surface area contributed by atoms with Crippen molar-refractivity contribution in [1.29, 1.82) is 0 Å². The van der Waals surface area contributed by atoms with Crippen molar-refractivity contribution in [1.82, 2.24) is 0 Å². The van der Waals surface area contributed by atoms with Gasteiger partial charge in [0.25, 0.3) is 0 Å². The zero-order valence-electron chi connectivity index (χ0n) is 20.0. The van der Waals surface area contributed by atoms with Crippen LogP contribution >= 0.6 is 0 Å². The van der Waals surface area contributed by atoms with Crippen LogP contribution in [0.25, 0.3) is 0 Å². The number of hydrogen-bond donors (Lipinski definition) is 0. The molecule has 29 heavy (non-hydrogen) atoms. The molecule has 0 amide bonds. The third kappa shape index (κ3) is 21.5. The van der Waals surface area contributed by atoms with Crippen LogP contribution in [0.5, 0.6) is 0 Å². The van der Waals surface area contributed by atoms with Crippen LogP contribution in [0.4, 0.5) is 0 Å². The average Bonchev–Trinajstić information content (AvgIpc) is 2.63. The van der Waals surface area contributed by atoms with Gasteiger partial charge >= 0.3 is 11.9 Å². The lowest BCUT2D eigenvalue weighted by Gasteiger charge is -2.22. The number of esters is 2. The monoisotopic (exact) mass is 412 g/mol. The van der Waals surface area contributed by atoms with Crippen molar-refractivity contribution >= 4 is 11.9 Å². The van der Waals surface area contributed by atoms with E-state index in [2.05, 4.69) is 34.6 Å². The molecule has 0 aliphatic rings. The molecular formula is C25H48O4. The maximum Gasteiger partial charge on any atom is 0.305 e. The molecule has 0 bridgehead atoms. The largest absolute Gasteiger partial charge is 0.466 e. The summed E-state index contributed by atoms with van der Waals surface area (Å²) in [5.41, 5.74) is 0.259. The van der Waals surface area contributed by atoms with Gasteiger partial charge in [-0.15, -0.1) is 0 Å². The van der Waals surface area contributed by atoms with E-state index in [1.54, 1.807) is 0 Å². The second-order valence-corrected chi connectivity index (χ2v) is 9.81. The van der Waals surface area contributed by atoms with E-state index in [9.17, 15) is 9.59 Å². The summed E-state index contributed by atoms with van der Waals surface area (Å²) in [7, 11) is 0. The van der Waals surface area contributed by atoms with Gasteiger partial charge in [-0.1, -0.05) is 86.0 Å². The van der Waals surface area contributed by atoms with Crippen molar-refractivity contribution in [3.8, 4) is 0 Å². The Balaban J connectivity index is 3.45. The Labute approximate surface area is 180 Å². The Kier molecular flexibility index (Phi) is 17.1. The molecule has 0 N–H and O–H groups in total. The molecule has 1 atom stereocenters. The highest BCUT2D eigenvalue weighted by atomic mass is 16.5. The van der Waals surface area contributed by atoms with Crippen LogP contribution in [-0.4, -0.2) is 25.2 Å². The van der Waals surface area contributed by atoms with Crippen LogP contribution in [0, 0.1) is 11.3 Å². The minimum absolute atomic E-state index is 0.105. The number of unbranched alkanes of at least 4 members (excludes halogenated alkanes) is 9. The lowest BCUT2D eigenvalue weighted by Crippen LogP contribution is -2.17. The number of carbonyl (C=O) groups excluding carboxylic acids is 2. The van der Waals surface area contributed by atoms with Crippen molar-refractivity contribution in [3.05, 3.63) is 0 Å². The van der Waals surface area contributed by atoms with Crippen LogP contribution in [0.2, 0.25) is 0 Å². The number of rotatable bonds is 18. The van der Waals surface area contributed by atoms with Crippen molar-refractivity contribution in [2.45, 2.75) is 125 Å². The Morgan fingerprint density at radius 1 is 0.724 bits per heavy atom. The predicted octanol–water partition coefficient (Wildman–Crippen LogP) is 7.24. The Morgan fingerprint density at radius 3 is 1.76 bits per heavy atom. The summed E-state index contributed by atoms with van der Waals surface area (Å²) in [6.07, 6.45) is 14.3. The van der Waals surface area contributed by atoms with Gasteiger partial charge in [-0.05, 0) is 37.0 Å². The fourth-order valence-electron chi connectivity index (χ4n) is 3.62. The fraction of sp³-hybridized carbons (Fsp3) is 0.920. The maximum atomic E-state index is 11.8. The van der Waals surface area contributed by atoms with Crippen molar-refractivity contribution < 1.29 is 19.1 Å². The van der Waals surface area contributed by atoms with Crippen LogP contribution in [0.3, 0.4) is 0 Å². The Morgan fingerprint density at radius 2 is 1.21 bits per heavy atom. The quantitative estimate of drug-likeness (QED) is 0.176. The van der Waals surface area contributed by atoms with Crippen LogP contribution in [0.15, 0.2) is 0 Å². The van der Waals surface area contributed by atoms with Crippen molar-refractivity contribution in [2.75, 3.05) is 13.2 Å². The molecule has 4 heteroatoms. The van der Waals surface area contributed by atoms with Gasteiger partial charge in [0, 0.05) is 12.8 Å². The van der Waals surface area contributed by atoms with E-state index >= 15 is 0 Å². The molecular weight excluding hydrogens is 364 g/mol. The molecule has 172 valence electrons. The molecule has 1 unspecified atom stereocenters. The smallest absolute Gasteiger partial charge is 0.305 e.